The van der Waals surface area contributed by atoms with E-state index in [2.05, 4.69) is 5.32 Å². The first-order valence-electron chi connectivity index (χ1n) is 7.77. The van der Waals surface area contributed by atoms with Gasteiger partial charge in [0.2, 0.25) is 5.91 Å². The van der Waals surface area contributed by atoms with Gasteiger partial charge in [-0.05, 0) is 42.9 Å². The van der Waals surface area contributed by atoms with Crippen LogP contribution >= 0.6 is 11.6 Å². The highest BCUT2D eigenvalue weighted by Crippen LogP contribution is 2.36. The topological polar surface area (TPSA) is 41.6 Å². The zero-order valence-corrected chi connectivity index (χ0v) is 15.3. The van der Waals surface area contributed by atoms with Crippen molar-refractivity contribution in [2.75, 3.05) is 26.0 Å². The van der Waals surface area contributed by atoms with Crippen molar-refractivity contribution < 1.29 is 27.1 Å². The van der Waals surface area contributed by atoms with Crippen LogP contribution in [0.2, 0.25) is 5.02 Å². The van der Waals surface area contributed by atoms with E-state index in [1.54, 1.807) is 18.0 Å². The Bertz CT molecular complexity index is 827. The van der Waals surface area contributed by atoms with Crippen LogP contribution in [0.1, 0.15) is 11.1 Å². The molecule has 146 valence electrons. The number of nitrogens with zero attached hydrogens (tertiary/aromatic N) is 1. The third-order valence-electron chi connectivity index (χ3n) is 3.64. The Balaban J connectivity index is 1.98. The number of carbonyl (C=O) groups excluding carboxylic acids is 1. The average molecular weight is 405 g/mol. The molecule has 0 radical (unpaired) electrons. The summed E-state index contributed by atoms with van der Waals surface area (Å²) in [6.45, 7) is 0.167. The van der Waals surface area contributed by atoms with E-state index in [-0.39, 0.29) is 24.5 Å². The number of halogens is 5. The van der Waals surface area contributed by atoms with Gasteiger partial charge in [0.15, 0.2) is 11.6 Å². The van der Waals surface area contributed by atoms with Crippen LogP contribution in [0.3, 0.4) is 0 Å². The number of amides is 1. The smallest absolute Gasteiger partial charge is 0.417 e. The fraction of sp³-hybridized carbons (Fsp3) is 0.278. The van der Waals surface area contributed by atoms with Gasteiger partial charge in [-0.3, -0.25) is 9.69 Å². The van der Waals surface area contributed by atoms with E-state index in [1.165, 1.54) is 25.3 Å². The van der Waals surface area contributed by atoms with E-state index < -0.39 is 28.5 Å². The van der Waals surface area contributed by atoms with Gasteiger partial charge in [0.1, 0.15) is 0 Å². The first-order chi connectivity index (χ1) is 12.6. The van der Waals surface area contributed by atoms with Gasteiger partial charge in [-0.1, -0.05) is 17.7 Å². The molecule has 0 spiro atoms. The molecule has 0 saturated carbocycles. The minimum Gasteiger partial charge on any atom is -0.494 e. The van der Waals surface area contributed by atoms with Gasteiger partial charge >= 0.3 is 6.18 Å². The molecule has 0 aliphatic rings. The number of nitrogens with one attached hydrogen (secondary N) is 1. The predicted octanol–water partition coefficient (Wildman–Crippen LogP) is 4.58. The molecule has 2 aromatic rings. The maximum Gasteiger partial charge on any atom is 0.417 e. The number of likely N-dealkylation sites (N-methyl/N-ethyl adjacent to an activating group) is 1. The summed E-state index contributed by atoms with van der Waals surface area (Å²) >= 11 is 5.55. The number of methoxy groups -OCH3 is 1. The Morgan fingerprint density at radius 2 is 1.93 bits per heavy atom. The standard InChI is InChI=1S/C18H17ClF4N2O2/c1-25(9-11-3-6-16(27-2)15(20)7-11)10-17(26)24-12-4-5-14(19)13(8-12)18(21,22)23/h3-8H,9-10H2,1-2H3,(H,24,26). The van der Waals surface area contributed by atoms with Crippen LogP contribution in [0.5, 0.6) is 5.75 Å². The number of hydrogen-bond donors (Lipinski definition) is 1. The molecule has 0 aromatic heterocycles. The highest BCUT2D eigenvalue weighted by molar-refractivity contribution is 6.31. The van der Waals surface area contributed by atoms with Gasteiger partial charge < -0.3 is 10.1 Å². The Hall–Kier alpha value is -2.32. The number of alkyl halides is 3. The lowest BCUT2D eigenvalue weighted by atomic mass is 10.2. The Kier molecular flexibility index (Phi) is 6.67. The second kappa shape index (κ2) is 8.58. The van der Waals surface area contributed by atoms with Crippen molar-refractivity contribution in [2.24, 2.45) is 0 Å². The van der Waals surface area contributed by atoms with E-state index in [4.69, 9.17) is 16.3 Å². The average Bonchev–Trinajstić information content (AvgIpc) is 2.55. The predicted molar refractivity (Wildman–Crippen MR) is 94.4 cm³/mol. The fourth-order valence-electron chi connectivity index (χ4n) is 2.44. The second-order valence-electron chi connectivity index (χ2n) is 5.88. The highest BCUT2D eigenvalue weighted by atomic mass is 35.5. The molecule has 2 rings (SSSR count). The molecule has 1 amide bonds. The summed E-state index contributed by atoms with van der Waals surface area (Å²) in [6.07, 6.45) is -4.62. The first kappa shape index (κ1) is 21.0. The molecule has 0 saturated heterocycles. The van der Waals surface area contributed by atoms with Crippen LogP contribution in [0.4, 0.5) is 23.2 Å². The Morgan fingerprint density at radius 1 is 1.22 bits per heavy atom. The lowest BCUT2D eigenvalue weighted by Crippen LogP contribution is -2.30. The molecule has 0 aliphatic carbocycles. The van der Waals surface area contributed by atoms with Crippen molar-refractivity contribution in [3.63, 3.8) is 0 Å². The van der Waals surface area contributed by atoms with Gasteiger partial charge in [-0.15, -0.1) is 0 Å². The van der Waals surface area contributed by atoms with Crippen molar-refractivity contribution in [3.05, 3.63) is 58.4 Å². The van der Waals surface area contributed by atoms with E-state index in [0.717, 1.165) is 12.1 Å². The van der Waals surface area contributed by atoms with Gasteiger partial charge in [0.25, 0.3) is 0 Å². The van der Waals surface area contributed by atoms with E-state index in [1.807, 2.05) is 0 Å². The summed E-state index contributed by atoms with van der Waals surface area (Å²) in [5, 5.41) is 1.95. The monoisotopic (exact) mass is 404 g/mol. The van der Waals surface area contributed by atoms with Crippen LogP contribution in [0, 0.1) is 5.82 Å². The van der Waals surface area contributed by atoms with Crippen LogP contribution < -0.4 is 10.1 Å². The molecule has 27 heavy (non-hydrogen) atoms. The van der Waals surface area contributed by atoms with Crippen molar-refractivity contribution in [1.82, 2.24) is 4.90 Å². The molecule has 1 N–H and O–H groups in total. The molecule has 0 atom stereocenters. The molecule has 0 bridgehead atoms. The molecular formula is C18H17ClF4N2O2. The van der Waals surface area contributed by atoms with Crippen molar-refractivity contribution in [1.29, 1.82) is 0 Å². The molecule has 0 unspecified atom stereocenters. The number of anilines is 1. The zero-order chi connectivity index (χ0) is 20.2. The maximum absolute atomic E-state index is 13.7. The van der Waals surface area contributed by atoms with Crippen molar-refractivity contribution in [2.45, 2.75) is 12.7 Å². The largest absolute Gasteiger partial charge is 0.494 e. The van der Waals surface area contributed by atoms with E-state index >= 15 is 0 Å². The van der Waals surface area contributed by atoms with Crippen LogP contribution in [0.15, 0.2) is 36.4 Å². The molecular weight excluding hydrogens is 388 g/mol. The third kappa shape index (κ3) is 5.83. The number of rotatable bonds is 6. The first-order valence-corrected chi connectivity index (χ1v) is 8.15. The summed E-state index contributed by atoms with van der Waals surface area (Å²) < 4.78 is 57.1. The summed E-state index contributed by atoms with van der Waals surface area (Å²) in [6, 6.07) is 7.56. The molecule has 0 aliphatic heterocycles. The maximum atomic E-state index is 13.7. The molecule has 0 fully saturated rings. The minimum absolute atomic E-state index is 0.0133. The molecule has 2 aromatic carbocycles. The lowest BCUT2D eigenvalue weighted by Gasteiger charge is -2.17. The van der Waals surface area contributed by atoms with Crippen LogP contribution in [0.25, 0.3) is 0 Å². The number of carbonyl (C=O) groups is 1. The SMILES string of the molecule is COc1ccc(CN(C)CC(=O)Nc2ccc(Cl)c(C(F)(F)F)c2)cc1F. The summed E-state index contributed by atoms with van der Waals surface area (Å²) in [4.78, 5) is 13.7. The Labute approximate surface area is 158 Å². The highest BCUT2D eigenvalue weighted by Gasteiger charge is 2.33. The summed E-state index contributed by atoms with van der Waals surface area (Å²) in [5.74, 6) is -0.919. The van der Waals surface area contributed by atoms with Crippen molar-refractivity contribution in [3.8, 4) is 5.75 Å². The zero-order valence-electron chi connectivity index (χ0n) is 14.5. The van der Waals surface area contributed by atoms with Crippen LogP contribution in [-0.4, -0.2) is 31.5 Å². The Morgan fingerprint density at radius 3 is 2.52 bits per heavy atom. The number of ether oxygens (including phenoxy) is 1. The van der Waals surface area contributed by atoms with Crippen molar-refractivity contribution >= 4 is 23.2 Å². The lowest BCUT2D eigenvalue weighted by molar-refractivity contribution is -0.137. The summed E-state index contributed by atoms with van der Waals surface area (Å²) in [5.41, 5.74) is -0.418. The third-order valence-corrected chi connectivity index (χ3v) is 3.97. The van der Waals surface area contributed by atoms with Gasteiger partial charge in [0, 0.05) is 12.2 Å². The van der Waals surface area contributed by atoms with E-state index in [9.17, 15) is 22.4 Å². The number of benzene rings is 2. The normalized spacial score (nSPS) is 11.6. The van der Waals surface area contributed by atoms with Gasteiger partial charge in [0.05, 0.1) is 24.2 Å². The molecule has 9 heteroatoms. The molecule has 0 heterocycles. The quantitative estimate of drug-likeness (QED) is 0.717. The molecule has 4 nitrogen and oxygen atoms in total. The minimum atomic E-state index is -4.62. The second-order valence-corrected chi connectivity index (χ2v) is 6.29. The van der Waals surface area contributed by atoms with E-state index in [0.29, 0.717) is 5.56 Å². The van der Waals surface area contributed by atoms with Crippen LogP contribution in [-0.2, 0) is 17.5 Å². The van der Waals surface area contributed by atoms with Gasteiger partial charge in [-0.25, -0.2) is 4.39 Å². The number of hydrogen-bond acceptors (Lipinski definition) is 3. The van der Waals surface area contributed by atoms with Gasteiger partial charge in [-0.2, -0.15) is 13.2 Å². The fourth-order valence-corrected chi connectivity index (χ4v) is 2.67. The summed E-state index contributed by atoms with van der Waals surface area (Å²) in [7, 11) is 2.99.